The molecule has 0 N–H and O–H groups in total. The lowest BCUT2D eigenvalue weighted by Gasteiger charge is -2.44. The predicted octanol–water partition coefficient (Wildman–Crippen LogP) is 7.05. The number of terminal acetylenes is 1. The average Bonchev–Trinajstić information content (AvgIpc) is 3.32. The third kappa shape index (κ3) is 6.41. The van der Waals surface area contributed by atoms with Crippen molar-refractivity contribution in [2.75, 3.05) is 4.90 Å². The number of anilines is 1. The van der Waals surface area contributed by atoms with Gasteiger partial charge < -0.3 is 18.6 Å². The van der Waals surface area contributed by atoms with Crippen molar-refractivity contribution in [3.05, 3.63) is 30.4 Å². The number of hydrogen-bond donors (Lipinski definition) is 0. The molecule has 0 bridgehead atoms. The van der Waals surface area contributed by atoms with Crippen LogP contribution in [0, 0.1) is 29.6 Å². The molecule has 0 saturated carbocycles. The Bertz CT molecular complexity index is 1500. The molecule has 1 aliphatic rings. The first kappa shape index (κ1) is 33.6. The smallest absolute Gasteiger partial charge is 0.425 e. The number of nitriles is 1. The summed E-state index contributed by atoms with van der Waals surface area (Å²) in [6.07, 6.45) is 5.89. The molecule has 3 atom stereocenters. The number of fused-ring (bicyclic) bond motifs is 1. The zero-order chi connectivity index (χ0) is 32.9. The van der Waals surface area contributed by atoms with E-state index in [-0.39, 0.29) is 27.5 Å². The fraction of sp³-hybridized carbons (Fsp3) is 0.581. The Balaban J connectivity index is 2.32. The SMILES string of the molecule is C#C[C@@]1(O[Si](C)(C)C(C)(C)C)[C@H](C)C(=C)O[C@H]1n1cc(C#N)c2c(N(C(=O)OC(C)(C)C)C(=O)OC(C)(C)C)ncnc21. The van der Waals surface area contributed by atoms with Gasteiger partial charge in [-0.1, -0.05) is 40.2 Å². The summed E-state index contributed by atoms with van der Waals surface area (Å²) in [4.78, 5) is 36.3. The van der Waals surface area contributed by atoms with Crippen molar-refractivity contribution in [1.82, 2.24) is 14.5 Å². The quantitative estimate of drug-likeness (QED) is 0.264. The first-order valence-electron chi connectivity index (χ1n) is 14.0. The number of carbonyl (C=O) groups is 2. The zero-order valence-corrected chi connectivity index (χ0v) is 28.3. The standard InChI is InChI=1S/C31H43N5O6Si/c1-15-31(42-43(13,14)30(10,11)12)19(2)20(3)39-25(31)35-17-21(16-32)22-23(35)33-18-34-24(22)36(26(37)40-28(4,5)6)27(38)41-29(7,8)9/h1,17-19,25H,3H2,2,4-14H3/t19-,25-,31-/m1/s1. The van der Waals surface area contributed by atoms with Crippen LogP contribution in [0.1, 0.15) is 81.0 Å². The Morgan fingerprint density at radius 3 is 2.07 bits per heavy atom. The Morgan fingerprint density at radius 1 is 1.09 bits per heavy atom. The van der Waals surface area contributed by atoms with Crippen LogP contribution in [-0.2, 0) is 18.6 Å². The van der Waals surface area contributed by atoms with Crippen molar-refractivity contribution < 1.29 is 28.2 Å². The van der Waals surface area contributed by atoms with Gasteiger partial charge in [-0.2, -0.15) is 10.2 Å². The van der Waals surface area contributed by atoms with E-state index >= 15 is 0 Å². The summed E-state index contributed by atoms with van der Waals surface area (Å²) < 4.78 is 25.9. The second-order valence-electron chi connectivity index (χ2n) is 14.2. The van der Waals surface area contributed by atoms with Gasteiger partial charge in [0.25, 0.3) is 0 Å². The Kier molecular flexibility index (Phi) is 8.60. The largest absolute Gasteiger partial charge is 0.470 e. The fourth-order valence-corrected chi connectivity index (χ4v) is 5.84. The van der Waals surface area contributed by atoms with Gasteiger partial charge in [0.05, 0.1) is 22.6 Å². The highest BCUT2D eigenvalue weighted by molar-refractivity contribution is 6.74. The molecular weight excluding hydrogens is 566 g/mol. The summed E-state index contributed by atoms with van der Waals surface area (Å²) in [7, 11) is -2.49. The minimum absolute atomic E-state index is 0.0646. The van der Waals surface area contributed by atoms with E-state index in [4.69, 9.17) is 25.1 Å². The van der Waals surface area contributed by atoms with Crippen molar-refractivity contribution in [2.24, 2.45) is 5.92 Å². The number of ether oxygens (including phenoxy) is 3. The minimum Gasteiger partial charge on any atom is -0.470 e. The third-order valence-corrected chi connectivity index (χ3v) is 12.0. The summed E-state index contributed by atoms with van der Waals surface area (Å²) in [6, 6.07) is 2.13. The molecule has 0 spiro atoms. The number of hydrogen-bond acceptors (Lipinski definition) is 9. The van der Waals surface area contributed by atoms with Crippen LogP contribution in [0.25, 0.3) is 11.0 Å². The summed E-state index contributed by atoms with van der Waals surface area (Å²) in [5.41, 5.74) is -2.96. The Labute approximate surface area is 255 Å². The molecule has 1 fully saturated rings. The van der Waals surface area contributed by atoms with Gasteiger partial charge in [0.15, 0.2) is 19.7 Å². The molecule has 2 aromatic rings. The van der Waals surface area contributed by atoms with Crippen LogP contribution in [-0.4, -0.2) is 51.8 Å². The van der Waals surface area contributed by atoms with Gasteiger partial charge in [0, 0.05) is 6.20 Å². The lowest BCUT2D eigenvalue weighted by Crippen LogP contribution is -2.53. The molecule has 43 heavy (non-hydrogen) atoms. The molecule has 3 heterocycles. The van der Waals surface area contributed by atoms with Gasteiger partial charge in [0.1, 0.15) is 29.2 Å². The summed E-state index contributed by atoms with van der Waals surface area (Å²) in [5, 5.41) is 10.2. The van der Waals surface area contributed by atoms with Gasteiger partial charge in [0.2, 0.25) is 6.23 Å². The van der Waals surface area contributed by atoms with E-state index in [2.05, 4.69) is 62.4 Å². The van der Waals surface area contributed by atoms with Crippen molar-refractivity contribution in [3.63, 3.8) is 0 Å². The lowest BCUT2D eigenvalue weighted by molar-refractivity contribution is -0.0326. The molecule has 0 aliphatic carbocycles. The van der Waals surface area contributed by atoms with Crippen LogP contribution in [0.2, 0.25) is 18.1 Å². The van der Waals surface area contributed by atoms with E-state index in [1.165, 1.54) is 12.5 Å². The minimum atomic E-state index is -2.49. The van der Waals surface area contributed by atoms with Crippen LogP contribution in [0.4, 0.5) is 15.4 Å². The number of imide groups is 1. The van der Waals surface area contributed by atoms with Gasteiger partial charge in [-0.05, 0) is 59.7 Å². The summed E-state index contributed by atoms with van der Waals surface area (Å²) >= 11 is 0. The fourth-order valence-electron chi connectivity index (χ4n) is 4.35. The maximum Gasteiger partial charge on any atom is 0.425 e. The van der Waals surface area contributed by atoms with Crippen LogP contribution >= 0.6 is 0 Å². The highest BCUT2D eigenvalue weighted by atomic mass is 28.4. The van der Waals surface area contributed by atoms with E-state index in [1.54, 1.807) is 46.1 Å². The van der Waals surface area contributed by atoms with Crippen LogP contribution in [0.15, 0.2) is 24.9 Å². The number of amides is 2. The number of rotatable bonds is 4. The topological polar surface area (TPSA) is 129 Å². The van der Waals surface area contributed by atoms with E-state index < -0.39 is 49.5 Å². The van der Waals surface area contributed by atoms with E-state index in [1.807, 2.05) is 6.92 Å². The highest BCUT2D eigenvalue weighted by Gasteiger charge is 2.58. The van der Waals surface area contributed by atoms with E-state index in [0.29, 0.717) is 10.7 Å². The third-order valence-electron chi connectivity index (χ3n) is 7.54. The molecule has 1 saturated heterocycles. The number of aromatic nitrogens is 3. The molecule has 2 amide bonds. The van der Waals surface area contributed by atoms with E-state index in [0.717, 1.165) is 0 Å². The molecule has 0 unspecified atom stereocenters. The number of carbonyl (C=O) groups excluding carboxylic acids is 2. The van der Waals surface area contributed by atoms with Crippen molar-refractivity contribution in [3.8, 4) is 18.4 Å². The van der Waals surface area contributed by atoms with Crippen LogP contribution < -0.4 is 4.90 Å². The second-order valence-corrected chi connectivity index (χ2v) is 18.9. The molecule has 2 aromatic heterocycles. The maximum absolute atomic E-state index is 13.5. The zero-order valence-electron chi connectivity index (χ0n) is 27.3. The predicted molar refractivity (Wildman–Crippen MR) is 165 cm³/mol. The average molecular weight is 610 g/mol. The normalized spacial score (nSPS) is 21.1. The molecule has 3 rings (SSSR count). The van der Waals surface area contributed by atoms with Gasteiger partial charge in [-0.15, -0.1) is 6.42 Å². The molecule has 11 nitrogen and oxygen atoms in total. The molecule has 232 valence electrons. The van der Waals surface area contributed by atoms with Gasteiger partial charge >= 0.3 is 12.2 Å². The molecule has 12 heteroatoms. The molecular formula is C31H43N5O6Si. The first-order valence-corrected chi connectivity index (χ1v) is 17.0. The Morgan fingerprint density at radius 2 is 1.63 bits per heavy atom. The van der Waals surface area contributed by atoms with Crippen molar-refractivity contribution in [2.45, 2.75) is 110 Å². The first-order chi connectivity index (χ1) is 19.5. The monoisotopic (exact) mass is 609 g/mol. The van der Waals surface area contributed by atoms with Crippen LogP contribution in [0.3, 0.4) is 0 Å². The summed E-state index contributed by atoms with van der Waals surface area (Å²) in [6.45, 7) is 26.5. The molecule has 0 aromatic carbocycles. The van der Waals surface area contributed by atoms with E-state index in [9.17, 15) is 14.9 Å². The highest BCUT2D eigenvalue weighted by Crippen LogP contribution is 2.52. The summed E-state index contributed by atoms with van der Waals surface area (Å²) in [5.74, 6) is 2.68. The maximum atomic E-state index is 13.5. The lowest BCUT2D eigenvalue weighted by atomic mass is 9.89. The van der Waals surface area contributed by atoms with Gasteiger partial charge in [-0.3, -0.25) is 4.57 Å². The number of nitrogens with zero attached hydrogens (tertiary/aromatic N) is 5. The van der Waals surface area contributed by atoms with Crippen molar-refractivity contribution >= 4 is 37.4 Å². The Hall–Kier alpha value is -3.87. The van der Waals surface area contributed by atoms with Crippen molar-refractivity contribution in [1.29, 1.82) is 5.26 Å². The van der Waals surface area contributed by atoms with Gasteiger partial charge in [-0.25, -0.2) is 19.6 Å². The second kappa shape index (κ2) is 11.0. The molecule has 0 radical (unpaired) electrons. The van der Waals surface area contributed by atoms with Crippen LogP contribution in [0.5, 0.6) is 0 Å². The molecule has 1 aliphatic heterocycles.